The summed E-state index contributed by atoms with van der Waals surface area (Å²) in [6, 6.07) is 9.08. The third kappa shape index (κ3) is 7.35. The molecule has 0 radical (unpaired) electrons. The average Bonchev–Trinajstić information content (AvgIpc) is 2.87. The molecular weight excluding hydrogens is 464 g/mol. The predicted octanol–water partition coefficient (Wildman–Crippen LogP) is 5.46. The first-order valence-corrected chi connectivity index (χ1v) is 13.9. The van der Waals surface area contributed by atoms with Gasteiger partial charge in [-0.1, -0.05) is 44.7 Å². The fourth-order valence-electron chi connectivity index (χ4n) is 4.91. The molecular formula is C29H42N6S. The molecule has 0 bridgehead atoms. The first kappa shape index (κ1) is 27.8. The minimum absolute atomic E-state index is 0.240. The van der Waals surface area contributed by atoms with Gasteiger partial charge in [0, 0.05) is 60.6 Å². The van der Waals surface area contributed by atoms with Gasteiger partial charge in [-0.3, -0.25) is 4.90 Å². The molecule has 0 amide bonds. The van der Waals surface area contributed by atoms with Crippen LogP contribution in [0.25, 0.3) is 5.70 Å². The van der Waals surface area contributed by atoms with E-state index in [1.54, 1.807) is 18.1 Å². The van der Waals surface area contributed by atoms with Gasteiger partial charge in [-0.15, -0.1) is 0 Å². The lowest BCUT2D eigenvalue weighted by molar-refractivity contribution is 0.137. The van der Waals surface area contributed by atoms with E-state index in [0.29, 0.717) is 11.2 Å². The highest BCUT2D eigenvalue weighted by Gasteiger charge is 2.28. The van der Waals surface area contributed by atoms with Crippen LogP contribution in [0, 0.1) is 17.2 Å². The summed E-state index contributed by atoms with van der Waals surface area (Å²) >= 11 is 1.74. The van der Waals surface area contributed by atoms with Crippen molar-refractivity contribution in [1.29, 1.82) is 5.26 Å². The molecule has 3 atom stereocenters. The van der Waals surface area contributed by atoms with Crippen LogP contribution in [0.4, 0.5) is 5.69 Å². The Kier molecular flexibility index (Phi) is 10.4. The molecule has 1 aromatic carbocycles. The lowest BCUT2D eigenvalue weighted by atomic mass is 9.98. The number of hydrogen-bond acceptors (Lipinski definition) is 7. The summed E-state index contributed by atoms with van der Waals surface area (Å²) in [6.45, 7) is 15.7. The fourth-order valence-corrected chi connectivity index (χ4v) is 5.73. The van der Waals surface area contributed by atoms with Crippen molar-refractivity contribution in [3.63, 3.8) is 0 Å². The van der Waals surface area contributed by atoms with Crippen molar-refractivity contribution in [2.24, 2.45) is 11.7 Å². The summed E-state index contributed by atoms with van der Waals surface area (Å²) in [7, 11) is 0. The SMILES string of the molecule is C=CNc1cc(CC)ccc1/C(=C(\C)C#N)N1CCN(C/C(N)=C/NSC2C=C[C@H](C)CC2)CC1C. The van der Waals surface area contributed by atoms with Crippen molar-refractivity contribution >= 4 is 23.3 Å². The Labute approximate surface area is 222 Å². The molecule has 1 heterocycles. The van der Waals surface area contributed by atoms with E-state index >= 15 is 0 Å². The summed E-state index contributed by atoms with van der Waals surface area (Å²) < 4.78 is 3.35. The maximum absolute atomic E-state index is 9.84. The topological polar surface area (TPSA) is 80.4 Å². The molecule has 1 aromatic rings. The molecule has 36 heavy (non-hydrogen) atoms. The van der Waals surface area contributed by atoms with Crippen molar-refractivity contribution in [1.82, 2.24) is 14.5 Å². The molecule has 0 aromatic heterocycles. The van der Waals surface area contributed by atoms with E-state index in [2.05, 4.69) is 83.6 Å². The zero-order valence-corrected chi connectivity index (χ0v) is 23.1. The maximum atomic E-state index is 9.84. The molecule has 4 N–H and O–H groups in total. The third-order valence-electron chi connectivity index (χ3n) is 6.96. The first-order valence-electron chi connectivity index (χ1n) is 13.0. The lowest BCUT2D eigenvalue weighted by Gasteiger charge is -2.43. The van der Waals surface area contributed by atoms with Gasteiger partial charge in [-0.2, -0.15) is 5.26 Å². The molecule has 1 saturated heterocycles. The van der Waals surface area contributed by atoms with E-state index in [1.807, 2.05) is 13.1 Å². The van der Waals surface area contributed by atoms with Gasteiger partial charge in [0.25, 0.3) is 0 Å². The number of nitrogens with two attached hydrogens (primary N) is 1. The van der Waals surface area contributed by atoms with Crippen molar-refractivity contribution in [2.45, 2.75) is 58.2 Å². The number of nitrogens with one attached hydrogen (secondary N) is 2. The fraction of sp³-hybridized carbons (Fsp3) is 0.483. The molecule has 2 unspecified atom stereocenters. The van der Waals surface area contributed by atoms with E-state index in [9.17, 15) is 5.26 Å². The molecule has 0 spiro atoms. The van der Waals surface area contributed by atoms with E-state index in [1.165, 1.54) is 18.4 Å². The molecule has 1 aliphatic heterocycles. The average molecular weight is 507 g/mol. The number of benzene rings is 1. The Balaban J connectivity index is 1.66. The Morgan fingerprint density at radius 1 is 1.28 bits per heavy atom. The predicted molar refractivity (Wildman–Crippen MR) is 155 cm³/mol. The zero-order valence-electron chi connectivity index (χ0n) is 22.3. The highest BCUT2D eigenvalue weighted by molar-refractivity contribution is 7.98. The molecule has 0 saturated carbocycles. The Hall–Kier alpha value is -2.82. The third-order valence-corrected chi connectivity index (χ3v) is 7.91. The van der Waals surface area contributed by atoms with Gasteiger partial charge in [0.1, 0.15) is 0 Å². The van der Waals surface area contributed by atoms with Gasteiger partial charge in [0.2, 0.25) is 0 Å². The molecule has 2 aliphatic rings. The summed E-state index contributed by atoms with van der Waals surface area (Å²) in [5, 5.41) is 13.6. The van der Waals surface area contributed by atoms with Crippen LogP contribution in [0.5, 0.6) is 0 Å². The number of aryl methyl sites for hydroxylation is 1. The van der Waals surface area contributed by atoms with Crippen molar-refractivity contribution in [3.8, 4) is 6.07 Å². The Bertz CT molecular complexity index is 1040. The lowest BCUT2D eigenvalue weighted by Crippen LogP contribution is -2.51. The number of piperazine rings is 1. The first-order chi connectivity index (χ1) is 17.4. The van der Waals surface area contributed by atoms with Gasteiger partial charge >= 0.3 is 0 Å². The van der Waals surface area contributed by atoms with Crippen LogP contribution in [0.15, 0.2) is 60.6 Å². The molecule has 1 aliphatic carbocycles. The number of allylic oxidation sites excluding steroid dienone is 2. The summed E-state index contributed by atoms with van der Waals surface area (Å²) in [6.07, 6.45) is 11.7. The standard InChI is InChI=1S/C29H42N6S/c1-6-24-10-13-27(28(16-24)32-7-2)29(22(4)17-30)35-15-14-34(19-23(35)5)20-25(31)18-33-36-26-11-8-21(3)9-12-26/h7-8,10-11,13,16,18,21,23,26,32-33H,2,6,9,12,14-15,19-20,31H2,1,3-5H3/b25-18-,29-22-/t21-,23?,26?/m0/s1. The van der Waals surface area contributed by atoms with E-state index < -0.39 is 0 Å². The Morgan fingerprint density at radius 3 is 2.72 bits per heavy atom. The molecule has 1 fully saturated rings. The van der Waals surface area contributed by atoms with Gasteiger partial charge in [-0.25, -0.2) is 0 Å². The maximum Gasteiger partial charge on any atom is 0.0966 e. The van der Waals surface area contributed by atoms with Crippen LogP contribution < -0.4 is 15.8 Å². The minimum Gasteiger partial charge on any atom is -0.400 e. The van der Waals surface area contributed by atoms with Crippen LogP contribution in [-0.2, 0) is 6.42 Å². The van der Waals surface area contributed by atoms with E-state index in [-0.39, 0.29) is 6.04 Å². The number of hydrogen-bond donors (Lipinski definition) is 3. The van der Waals surface area contributed by atoms with Gasteiger partial charge < -0.3 is 20.7 Å². The highest BCUT2D eigenvalue weighted by Crippen LogP contribution is 2.33. The summed E-state index contributed by atoms with van der Waals surface area (Å²) in [4.78, 5) is 4.76. The van der Waals surface area contributed by atoms with Crippen LogP contribution in [0.1, 0.15) is 51.7 Å². The van der Waals surface area contributed by atoms with E-state index in [4.69, 9.17) is 5.73 Å². The number of anilines is 1. The van der Waals surface area contributed by atoms with Gasteiger partial charge in [0.15, 0.2) is 0 Å². The van der Waals surface area contributed by atoms with Crippen molar-refractivity contribution < 1.29 is 0 Å². The second-order valence-electron chi connectivity index (χ2n) is 9.88. The quantitative estimate of drug-likeness (QED) is 0.221. The van der Waals surface area contributed by atoms with Crippen LogP contribution in [0.3, 0.4) is 0 Å². The second-order valence-corrected chi connectivity index (χ2v) is 11.0. The number of nitriles is 1. The van der Waals surface area contributed by atoms with Crippen molar-refractivity contribution in [3.05, 3.63) is 71.7 Å². The van der Waals surface area contributed by atoms with Gasteiger partial charge in [-0.05, 0) is 68.8 Å². The largest absolute Gasteiger partial charge is 0.400 e. The van der Waals surface area contributed by atoms with Crippen LogP contribution in [0.2, 0.25) is 0 Å². The highest BCUT2D eigenvalue weighted by atomic mass is 32.2. The molecule has 3 rings (SSSR count). The van der Waals surface area contributed by atoms with Gasteiger partial charge in [0.05, 0.1) is 17.3 Å². The Morgan fingerprint density at radius 2 is 2.08 bits per heavy atom. The smallest absolute Gasteiger partial charge is 0.0966 e. The van der Waals surface area contributed by atoms with Crippen molar-refractivity contribution in [2.75, 3.05) is 31.5 Å². The summed E-state index contributed by atoms with van der Waals surface area (Å²) in [5.74, 6) is 0.691. The minimum atomic E-state index is 0.240. The number of rotatable bonds is 10. The van der Waals surface area contributed by atoms with E-state index in [0.717, 1.165) is 60.8 Å². The number of nitrogens with zero attached hydrogens (tertiary/aromatic N) is 3. The van der Waals surface area contributed by atoms with Crippen LogP contribution >= 0.6 is 11.9 Å². The monoisotopic (exact) mass is 506 g/mol. The zero-order chi connectivity index (χ0) is 26.1. The second kappa shape index (κ2) is 13.5. The normalized spacial score (nSPS) is 23.6. The molecule has 7 heteroatoms. The molecule has 194 valence electrons. The summed E-state index contributed by atoms with van der Waals surface area (Å²) in [5.41, 5.74) is 12.2. The van der Waals surface area contributed by atoms with Crippen LogP contribution in [-0.4, -0.2) is 47.3 Å². The molecule has 6 nitrogen and oxygen atoms in total.